The van der Waals surface area contributed by atoms with Crippen LogP contribution in [0.25, 0.3) is 0 Å². The number of thiazole rings is 1. The Labute approximate surface area is 120 Å². The second kappa shape index (κ2) is 6.49. The van der Waals surface area contributed by atoms with Crippen molar-refractivity contribution in [3.8, 4) is 0 Å². The number of rotatable bonds is 5. The van der Waals surface area contributed by atoms with Crippen molar-refractivity contribution in [2.24, 2.45) is 10.9 Å². The van der Waals surface area contributed by atoms with Gasteiger partial charge in [-0.3, -0.25) is 4.98 Å². The van der Waals surface area contributed by atoms with Gasteiger partial charge in [0.25, 0.3) is 0 Å². The number of pyridine rings is 1. The summed E-state index contributed by atoms with van der Waals surface area (Å²) in [7, 11) is 0. The zero-order valence-corrected chi connectivity index (χ0v) is 11.9. The third-order valence-electron chi connectivity index (χ3n) is 2.18. The molecular formula is C12H13ClN4OS. The molecule has 5 nitrogen and oxygen atoms in total. The molecule has 0 aliphatic carbocycles. The number of nitrogens with zero attached hydrogens (tertiary/aromatic N) is 3. The minimum Gasteiger partial charge on any atom is -0.388 e. The van der Waals surface area contributed by atoms with Crippen molar-refractivity contribution in [1.82, 2.24) is 9.97 Å². The number of halogens is 1. The first-order chi connectivity index (χ1) is 9.13. The van der Waals surface area contributed by atoms with Gasteiger partial charge in [0.15, 0.2) is 6.61 Å². The average molecular weight is 297 g/mol. The molecule has 19 heavy (non-hydrogen) atoms. The molecule has 0 aliphatic heterocycles. The Balaban J connectivity index is 1.83. The highest BCUT2D eigenvalue weighted by atomic mass is 35.5. The van der Waals surface area contributed by atoms with E-state index in [2.05, 4.69) is 15.1 Å². The van der Waals surface area contributed by atoms with Crippen molar-refractivity contribution in [3.05, 3.63) is 45.1 Å². The third-order valence-corrected chi connectivity index (χ3v) is 3.37. The van der Waals surface area contributed by atoms with Gasteiger partial charge in [0.1, 0.15) is 10.8 Å². The zero-order valence-electron chi connectivity index (χ0n) is 10.3. The summed E-state index contributed by atoms with van der Waals surface area (Å²) in [5.74, 6) is 0.392. The van der Waals surface area contributed by atoms with E-state index in [4.69, 9.17) is 22.2 Å². The number of hydrogen-bond acceptors (Lipinski definition) is 5. The highest BCUT2D eigenvalue weighted by Gasteiger charge is 2.02. The summed E-state index contributed by atoms with van der Waals surface area (Å²) in [5, 5.41) is 7.32. The molecule has 0 atom stereocenters. The van der Waals surface area contributed by atoms with Gasteiger partial charge in [-0.1, -0.05) is 16.8 Å². The van der Waals surface area contributed by atoms with Crippen molar-refractivity contribution >= 4 is 28.8 Å². The van der Waals surface area contributed by atoms with Gasteiger partial charge in [-0.15, -0.1) is 11.3 Å². The summed E-state index contributed by atoms with van der Waals surface area (Å²) in [6, 6.07) is 3.52. The molecule has 2 N–H and O–H groups in total. The van der Waals surface area contributed by atoms with Crippen LogP contribution in [0.3, 0.4) is 0 Å². The molecule has 0 radical (unpaired) electrons. The summed E-state index contributed by atoms with van der Waals surface area (Å²) in [6.45, 7) is 2.20. The Morgan fingerprint density at radius 3 is 3.00 bits per heavy atom. The van der Waals surface area contributed by atoms with E-state index in [1.807, 2.05) is 12.3 Å². The molecule has 0 spiro atoms. The van der Waals surface area contributed by atoms with Crippen LogP contribution >= 0.6 is 22.9 Å². The molecule has 100 valence electrons. The molecule has 2 aromatic rings. The van der Waals surface area contributed by atoms with Gasteiger partial charge in [-0.2, -0.15) is 0 Å². The fourth-order valence-corrected chi connectivity index (χ4v) is 2.24. The third kappa shape index (κ3) is 4.50. The molecule has 2 heterocycles. The standard InChI is InChI=1S/C12H13ClN4OS/c1-8-7-19-12(16-8)4-11(14)17-18-6-10-3-2-9(13)5-15-10/h2-3,5,7H,4,6H2,1H3,(H2,14,17). The molecule has 2 rings (SSSR count). The molecule has 0 fully saturated rings. The van der Waals surface area contributed by atoms with Gasteiger partial charge in [0.05, 0.1) is 17.1 Å². The molecule has 2 aromatic heterocycles. The van der Waals surface area contributed by atoms with Gasteiger partial charge < -0.3 is 10.6 Å². The summed E-state index contributed by atoms with van der Waals surface area (Å²) in [6.07, 6.45) is 2.05. The van der Waals surface area contributed by atoms with E-state index in [-0.39, 0.29) is 6.61 Å². The van der Waals surface area contributed by atoms with Crippen molar-refractivity contribution in [1.29, 1.82) is 0 Å². The van der Waals surface area contributed by atoms with E-state index in [1.165, 1.54) is 0 Å². The molecule has 7 heteroatoms. The van der Waals surface area contributed by atoms with Crippen molar-refractivity contribution < 1.29 is 4.84 Å². The lowest BCUT2D eigenvalue weighted by Gasteiger charge is -2.01. The second-order valence-electron chi connectivity index (χ2n) is 3.88. The molecule has 0 aromatic carbocycles. The van der Waals surface area contributed by atoms with Crippen LogP contribution in [-0.4, -0.2) is 15.8 Å². The van der Waals surface area contributed by atoms with Crippen molar-refractivity contribution in [2.45, 2.75) is 20.0 Å². The first kappa shape index (κ1) is 13.8. The lowest BCUT2D eigenvalue weighted by Crippen LogP contribution is -2.15. The molecule has 0 saturated heterocycles. The van der Waals surface area contributed by atoms with Gasteiger partial charge in [0, 0.05) is 17.3 Å². The predicted molar refractivity (Wildman–Crippen MR) is 76.2 cm³/mol. The van der Waals surface area contributed by atoms with Gasteiger partial charge in [-0.05, 0) is 19.1 Å². The zero-order chi connectivity index (χ0) is 13.7. The number of aryl methyl sites for hydroxylation is 1. The highest BCUT2D eigenvalue weighted by molar-refractivity contribution is 7.09. The molecule has 0 bridgehead atoms. The maximum atomic E-state index is 5.75. The minimum atomic E-state index is 0.259. The summed E-state index contributed by atoms with van der Waals surface area (Å²) in [5.41, 5.74) is 7.48. The fourth-order valence-electron chi connectivity index (χ4n) is 1.34. The van der Waals surface area contributed by atoms with E-state index in [0.717, 1.165) is 16.4 Å². The number of hydrogen-bond donors (Lipinski definition) is 1. The maximum absolute atomic E-state index is 5.75. The van der Waals surface area contributed by atoms with Crippen LogP contribution in [0.4, 0.5) is 0 Å². The van der Waals surface area contributed by atoms with Gasteiger partial charge in [0.2, 0.25) is 0 Å². The Morgan fingerprint density at radius 2 is 2.37 bits per heavy atom. The molecule has 0 amide bonds. The lowest BCUT2D eigenvalue weighted by atomic mass is 10.4. The minimum absolute atomic E-state index is 0.259. The van der Waals surface area contributed by atoms with Crippen molar-refractivity contribution in [3.63, 3.8) is 0 Å². The number of amidine groups is 1. The second-order valence-corrected chi connectivity index (χ2v) is 5.26. The number of oxime groups is 1. The van der Waals surface area contributed by atoms with Crippen molar-refractivity contribution in [2.75, 3.05) is 0 Å². The first-order valence-corrected chi connectivity index (χ1v) is 6.85. The topological polar surface area (TPSA) is 73.4 Å². The SMILES string of the molecule is Cc1csc(CC(N)=NOCc2ccc(Cl)cn2)n1. The highest BCUT2D eigenvalue weighted by Crippen LogP contribution is 2.09. The lowest BCUT2D eigenvalue weighted by molar-refractivity contribution is 0.127. The Morgan fingerprint density at radius 1 is 1.53 bits per heavy atom. The molecule has 0 aliphatic rings. The number of aromatic nitrogens is 2. The normalized spacial score (nSPS) is 11.6. The summed E-state index contributed by atoms with van der Waals surface area (Å²) in [4.78, 5) is 13.5. The van der Waals surface area contributed by atoms with Crippen LogP contribution in [0.5, 0.6) is 0 Å². The van der Waals surface area contributed by atoms with Crippen LogP contribution in [0.1, 0.15) is 16.4 Å². The summed E-state index contributed by atoms with van der Waals surface area (Å²) >= 11 is 7.29. The largest absolute Gasteiger partial charge is 0.388 e. The van der Waals surface area contributed by atoms with Crippen LogP contribution < -0.4 is 5.73 Å². The average Bonchev–Trinajstić information content (AvgIpc) is 2.77. The van der Waals surface area contributed by atoms with Crippen LogP contribution in [0, 0.1) is 6.92 Å². The van der Waals surface area contributed by atoms with E-state index in [1.54, 1.807) is 29.7 Å². The van der Waals surface area contributed by atoms with Crippen LogP contribution in [0.15, 0.2) is 28.9 Å². The molecule has 0 unspecified atom stereocenters. The Hall–Kier alpha value is -1.66. The van der Waals surface area contributed by atoms with Gasteiger partial charge >= 0.3 is 0 Å². The first-order valence-electron chi connectivity index (χ1n) is 5.59. The van der Waals surface area contributed by atoms with E-state index in [0.29, 0.717) is 17.3 Å². The summed E-state index contributed by atoms with van der Waals surface area (Å²) < 4.78 is 0. The molecular weight excluding hydrogens is 284 g/mol. The Bertz CT molecular complexity index is 567. The van der Waals surface area contributed by atoms with E-state index < -0.39 is 0 Å². The quantitative estimate of drug-likeness (QED) is 0.523. The van der Waals surface area contributed by atoms with Gasteiger partial charge in [-0.25, -0.2) is 4.98 Å². The predicted octanol–water partition coefficient (Wildman–Crippen LogP) is 2.53. The monoisotopic (exact) mass is 296 g/mol. The molecule has 0 saturated carbocycles. The fraction of sp³-hybridized carbons (Fsp3) is 0.250. The van der Waals surface area contributed by atoms with Crippen LogP contribution in [-0.2, 0) is 17.9 Å². The number of nitrogens with two attached hydrogens (primary N) is 1. The Kier molecular flexibility index (Phi) is 4.70. The van der Waals surface area contributed by atoms with Crippen LogP contribution in [0.2, 0.25) is 5.02 Å². The maximum Gasteiger partial charge on any atom is 0.159 e. The smallest absolute Gasteiger partial charge is 0.159 e. The van der Waals surface area contributed by atoms with E-state index in [9.17, 15) is 0 Å². The van der Waals surface area contributed by atoms with E-state index >= 15 is 0 Å².